The molecule has 0 aromatic rings. The van der Waals surface area contributed by atoms with Gasteiger partial charge in [-0.1, -0.05) is 15.1 Å². The Hall–Kier alpha value is -0.990. The Morgan fingerprint density at radius 3 is 2.56 bits per heavy atom. The van der Waals surface area contributed by atoms with Crippen LogP contribution in [0, 0.1) is 5.92 Å². The molecule has 7 heteroatoms. The van der Waals surface area contributed by atoms with E-state index < -0.39 is 0 Å². The van der Waals surface area contributed by atoms with Gasteiger partial charge in [-0.3, -0.25) is 9.59 Å². The smallest absolute Gasteiger partial charge is 0.244 e. The number of carbonyl (C=O) groups excluding carboxylic acids is 2. The van der Waals surface area contributed by atoms with Crippen molar-refractivity contribution in [2.45, 2.75) is 19.8 Å². The molecule has 0 spiro atoms. The van der Waals surface area contributed by atoms with E-state index in [0.29, 0.717) is 13.1 Å². The molecule has 18 heavy (non-hydrogen) atoms. The average Bonchev–Trinajstić information content (AvgIpc) is 2.38. The van der Waals surface area contributed by atoms with E-state index in [9.17, 15) is 9.59 Å². The van der Waals surface area contributed by atoms with E-state index in [-0.39, 0.29) is 24.2 Å². The molecule has 0 N–H and O–H groups in total. The normalized spacial score (nSPS) is 16.9. The van der Waals surface area contributed by atoms with E-state index in [0.717, 1.165) is 12.8 Å². The van der Waals surface area contributed by atoms with Crippen molar-refractivity contribution in [3.63, 3.8) is 0 Å². The molecule has 0 unspecified atom stereocenters. The summed E-state index contributed by atoms with van der Waals surface area (Å²) in [6, 6.07) is 0. The first-order valence-electron chi connectivity index (χ1n) is 5.77. The summed E-state index contributed by atoms with van der Waals surface area (Å²) in [4.78, 5) is 25.0. The topological polar surface area (TPSA) is 65.3 Å². The predicted molar refractivity (Wildman–Crippen MR) is 75.8 cm³/mol. The average molecular weight is 364 g/mol. The molecule has 1 aliphatic heterocycles. The van der Waals surface area contributed by atoms with Gasteiger partial charge < -0.3 is 4.90 Å². The van der Waals surface area contributed by atoms with E-state index in [1.807, 2.05) is 0 Å². The van der Waals surface area contributed by atoms with Crippen LogP contribution in [0.4, 0.5) is 0 Å². The second kappa shape index (κ2) is 7.45. The van der Waals surface area contributed by atoms with Gasteiger partial charge in [-0.15, -0.1) is 0 Å². The molecule has 1 fully saturated rings. The fraction of sp³-hybridized carbons (Fsp3) is 0.636. The summed E-state index contributed by atoms with van der Waals surface area (Å²) in [5.41, 5.74) is 0. The number of amides is 1. The molecule has 0 saturated carbocycles. The van der Waals surface area contributed by atoms with Gasteiger partial charge in [-0.05, 0) is 19.8 Å². The van der Waals surface area contributed by atoms with Crippen LogP contribution in [0.3, 0.4) is 0 Å². The molecule has 0 aromatic heterocycles. The van der Waals surface area contributed by atoms with Crippen molar-refractivity contribution in [1.82, 2.24) is 9.91 Å². The van der Waals surface area contributed by atoms with Gasteiger partial charge in [0.05, 0.1) is 0 Å². The zero-order chi connectivity index (χ0) is 13.5. The molecule has 1 rings (SSSR count). The van der Waals surface area contributed by atoms with Crippen LogP contribution in [0.5, 0.6) is 0 Å². The van der Waals surface area contributed by atoms with Crippen LogP contribution in [-0.4, -0.2) is 41.2 Å². The summed E-state index contributed by atoms with van der Waals surface area (Å²) >= 11 is 1.74. The monoisotopic (exact) mass is 364 g/mol. The van der Waals surface area contributed by atoms with Crippen molar-refractivity contribution < 1.29 is 9.59 Å². The number of hydrogen-bond donors (Lipinski definition) is 0. The SMILES string of the molecule is C=CN(CC(=O)N1CCC(C(C)=O)CC1)/N=N\I. The number of piperidine rings is 1. The first kappa shape index (κ1) is 15.1. The van der Waals surface area contributed by atoms with Crippen LogP contribution in [0.25, 0.3) is 0 Å². The first-order valence-corrected chi connectivity index (χ1v) is 6.74. The van der Waals surface area contributed by atoms with Crippen molar-refractivity contribution in [1.29, 1.82) is 0 Å². The van der Waals surface area contributed by atoms with Gasteiger partial charge in [0.1, 0.15) is 35.2 Å². The molecule has 1 amide bonds. The number of nitrogens with zero attached hydrogens (tertiary/aromatic N) is 4. The first-order chi connectivity index (χ1) is 8.58. The second-order valence-corrected chi connectivity index (χ2v) is 4.64. The molecule has 0 bridgehead atoms. The third-order valence-electron chi connectivity index (χ3n) is 3.08. The van der Waals surface area contributed by atoms with Gasteiger partial charge in [0.2, 0.25) is 5.91 Å². The van der Waals surface area contributed by atoms with Gasteiger partial charge in [0.15, 0.2) is 0 Å². The maximum Gasteiger partial charge on any atom is 0.244 e. The molecule has 100 valence electrons. The Kier molecular flexibility index (Phi) is 6.23. The van der Waals surface area contributed by atoms with E-state index >= 15 is 0 Å². The van der Waals surface area contributed by atoms with Crippen LogP contribution >= 0.6 is 22.9 Å². The van der Waals surface area contributed by atoms with Crippen molar-refractivity contribution in [3.05, 3.63) is 12.8 Å². The van der Waals surface area contributed by atoms with E-state index in [4.69, 9.17) is 0 Å². The van der Waals surface area contributed by atoms with Gasteiger partial charge in [0, 0.05) is 25.2 Å². The minimum atomic E-state index is -0.0132. The summed E-state index contributed by atoms with van der Waals surface area (Å²) < 4.78 is 3.57. The van der Waals surface area contributed by atoms with Crippen molar-refractivity contribution in [3.8, 4) is 0 Å². The van der Waals surface area contributed by atoms with E-state index in [2.05, 4.69) is 15.1 Å². The fourth-order valence-corrected chi connectivity index (χ4v) is 2.20. The van der Waals surface area contributed by atoms with Gasteiger partial charge in [-0.25, -0.2) is 5.01 Å². The van der Waals surface area contributed by atoms with Crippen LogP contribution in [0.15, 0.2) is 21.3 Å². The highest BCUT2D eigenvalue weighted by molar-refractivity contribution is 14.1. The molecule has 6 nitrogen and oxygen atoms in total. The summed E-state index contributed by atoms with van der Waals surface area (Å²) in [6.45, 7) is 6.59. The second-order valence-electron chi connectivity index (χ2n) is 4.21. The zero-order valence-electron chi connectivity index (χ0n) is 10.4. The Morgan fingerprint density at radius 1 is 1.50 bits per heavy atom. The van der Waals surface area contributed by atoms with Crippen LogP contribution in [-0.2, 0) is 9.59 Å². The molecule has 1 aliphatic rings. The molecule has 0 aliphatic carbocycles. The van der Waals surface area contributed by atoms with Gasteiger partial charge in [-0.2, -0.15) is 0 Å². The third-order valence-corrected chi connectivity index (χ3v) is 3.27. The standard InChI is InChI=1S/C11H17IN4O2/c1-3-16(14-13-12)8-11(18)15-6-4-10(5-7-15)9(2)17/h3,10H,1,4-8H2,2H3/b14-13-. The minimum absolute atomic E-state index is 0.0132. The lowest BCUT2D eigenvalue weighted by atomic mass is 9.93. The summed E-state index contributed by atoms with van der Waals surface area (Å²) in [5, 5.41) is 5.14. The van der Waals surface area contributed by atoms with Crippen molar-refractivity contribution in [2.24, 2.45) is 14.5 Å². The maximum atomic E-state index is 12.0. The zero-order valence-corrected chi connectivity index (χ0v) is 12.5. The summed E-state index contributed by atoms with van der Waals surface area (Å²) in [7, 11) is 0. The fourth-order valence-electron chi connectivity index (χ4n) is 1.95. The third kappa shape index (κ3) is 4.35. The quantitative estimate of drug-likeness (QED) is 0.426. The number of rotatable bonds is 5. The Morgan fingerprint density at radius 2 is 2.11 bits per heavy atom. The molecular formula is C11H17IN4O2. The Bertz CT molecular complexity index is 351. The molecular weight excluding hydrogens is 347 g/mol. The lowest BCUT2D eigenvalue weighted by Gasteiger charge is -2.31. The highest BCUT2D eigenvalue weighted by Crippen LogP contribution is 2.18. The Balaban J connectivity index is 2.45. The molecule has 0 radical (unpaired) electrons. The van der Waals surface area contributed by atoms with Crippen LogP contribution in [0.2, 0.25) is 0 Å². The Labute approximate surface area is 121 Å². The number of carbonyl (C=O) groups is 2. The van der Waals surface area contributed by atoms with Crippen LogP contribution in [0.1, 0.15) is 19.8 Å². The van der Waals surface area contributed by atoms with Gasteiger partial charge in [0.25, 0.3) is 0 Å². The predicted octanol–water partition coefficient (Wildman–Crippen LogP) is 1.98. The maximum absolute atomic E-state index is 12.0. The number of hydrogen-bond acceptors (Lipinski definition) is 4. The molecule has 0 aromatic carbocycles. The number of ketones is 1. The van der Waals surface area contributed by atoms with Crippen molar-refractivity contribution in [2.75, 3.05) is 19.6 Å². The number of halogens is 1. The van der Waals surface area contributed by atoms with Gasteiger partial charge >= 0.3 is 0 Å². The number of likely N-dealkylation sites (tertiary alicyclic amines) is 1. The molecule has 1 saturated heterocycles. The lowest BCUT2D eigenvalue weighted by Crippen LogP contribution is -2.43. The van der Waals surface area contributed by atoms with E-state index in [1.165, 1.54) is 11.2 Å². The van der Waals surface area contributed by atoms with Crippen molar-refractivity contribution >= 4 is 34.6 Å². The summed E-state index contributed by atoms with van der Waals surface area (Å²) in [6.07, 6.45) is 2.97. The lowest BCUT2D eigenvalue weighted by molar-refractivity contribution is -0.135. The summed E-state index contributed by atoms with van der Waals surface area (Å²) in [5.74, 6) is 0.313. The molecule has 0 atom stereocenters. The number of Topliss-reactive ketones (excluding diaryl/α,β-unsaturated/α-hetero) is 1. The van der Waals surface area contributed by atoms with E-state index in [1.54, 1.807) is 34.7 Å². The van der Waals surface area contributed by atoms with Crippen LogP contribution < -0.4 is 0 Å². The highest BCUT2D eigenvalue weighted by atomic mass is 127. The molecule has 1 heterocycles. The minimum Gasteiger partial charge on any atom is -0.341 e. The highest BCUT2D eigenvalue weighted by Gasteiger charge is 2.25. The largest absolute Gasteiger partial charge is 0.341 e.